The molecule has 0 fully saturated rings. The number of ether oxygens (including phenoxy) is 1. The highest BCUT2D eigenvalue weighted by atomic mass is 16.5. The molecule has 1 aromatic rings. The van der Waals surface area contributed by atoms with Crippen molar-refractivity contribution in [2.75, 3.05) is 13.2 Å². The molecule has 1 amide bonds. The van der Waals surface area contributed by atoms with Crippen molar-refractivity contribution in [3.05, 3.63) is 34.9 Å². The van der Waals surface area contributed by atoms with E-state index in [1.807, 2.05) is 6.92 Å². The average Bonchev–Trinajstić information content (AvgIpc) is 2.84. The zero-order valence-electron chi connectivity index (χ0n) is 10.8. The molecule has 0 atom stereocenters. The minimum absolute atomic E-state index is 0.0436. The lowest BCUT2D eigenvalue weighted by Crippen LogP contribution is -2.24. The summed E-state index contributed by atoms with van der Waals surface area (Å²) in [4.78, 5) is 11.5. The Bertz CT molecular complexity index is 418. The van der Waals surface area contributed by atoms with Crippen molar-refractivity contribution in [1.82, 2.24) is 10.6 Å². The quantitative estimate of drug-likeness (QED) is 0.747. The Labute approximate surface area is 108 Å². The third kappa shape index (κ3) is 3.55. The van der Waals surface area contributed by atoms with Crippen LogP contribution < -0.4 is 10.6 Å². The number of rotatable bonds is 6. The fraction of sp³-hybridized carbons (Fsp3) is 0.500. The number of hydrogen-bond acceptors (Lipinski definition) is 3. The fourth-order valence-corrected chi connectivity index (χ4v) is 2.06. The van der Waals surface area contributed by atoms with E-state index >= 15 is 0 Å². The number of benzene rings is 1. The van der Waals surface area contributed by atoms with E-state index in [2.05, 4.69) is 28.8 Å². The van der Waals surface area contributed by atoms with Crippen LogP contribution in [0.15, 0.2) is 18.2 Å². The smallest absolute Gasteiger partial charge is 0.222 e. The monoisotopic (exact) mass is 248 g/mol. The molecule has 1 heterocycles. The van der Waals surface area contributed by atoms with Gasteiger partial charge in [0.2, 0.25) is 5.91 Å². The van der Waals surface area contributed by atoms with Crippen LogP contribution in [0.1, 0.15) is 30.0 Å². The first-order chi connectivity index (χ1) is 8.79. The molecular formula is C14H20N2O2. The molecular weight excluding hydrogens is 228 g/mol. The normalized spacial score (nSPS) is 13.4. The number of carbonyl (C=O) groups is 1. The summed E-state index contributed by atoms with van der Waals surface area (Å²) in [5.41, 5.74) is 3.86. The summed E-state index contributed by atoms with van der Waals surface area (Å²) in [5, 5.41) is 6.22. The lowest BCUT2D eigenvalue weighted by atomic mass is 10.1. The SMILES string of the molecule is CCOCCC(=O)NCc1ccc2c(c1)CNC2. The Morgan fingerprint density at radius 1 is 1.39 bits per heavy atom. The van der Waals surface area contributed by atoms with E-state index in [0.29, 0.717) is 26.2 Å². The molecule has 0 aliphatic carbocycles. The van der Waals surface area contributed by atoms with Gasteiger partial charge in [-0.15, -0.1) is 0 Å². The predicted octanol–water partition coefficient (Wildman–Crippen LogP) is 1.33. The fourth-order valence-electron chi connectivity index (χ4n) is 2.06. The molecule has 2 rings (SSSR count). The van der Waals surface area contributed by atoms with E-state index in [1.165, 1.54) is 11.1 Å². The molecule has 0 unspecified atom stereocenters. The summed E-state index contributed by atoms with van der Waals surface area (Å²) in [6, 6.07) is 6.38. The molecule has 0 saturated carbocycles. The van der Waals surface area contributed by atoms with E-state index in [9.17, 15) is 4.79 Å². The Hall–Kier alpha value is -1.39. The topological polar surface area (TPSA) is 50.4 Å². The van der Waals surface area contributed by atoms with Gasteiger partial charge in [-0.25, -0.2) is 0 Å². The van der Waals surface area contributed by atoms with E-state index in [0.717, 1.165) is 18.7 Å². The second-order valence-corrected chi connectivity index (χ2v) is 4.43. The van der Waals surface area contributed by atoms with Gasteiger partial charge in [-0.3, -0.25) is 4.79 Å². The van der Waals surface area contributed by atoms with Gasteiger partial charge in [0, 0.05) is 32.7 Å². The van der Waals surface area contributed by atoms with Crippen LogP contribution in [-0.4, -0.2) is 19.1 Å². The maximum absolute atomic E-state index is 11.5. The standard InChI is InChI=1S/C14H20N2O2/c1-2-18-6-5-14(17)16-8-11-3-4-12-9-15-10-13(12)7-11/h3-4,7,15H,2,5-6,8-10H2,1H3,(H,16,17). The molecule has 18 heavy (non-hydrogen) atoms. The second-order valence-electron chi connectivity index (χ2n) is 4.43. The first kappa shape index (κ1) is 13.1. The van der Waals surface area contributed by atoms with Crippen molar-refractivity contribution in [3.63, 3.8) is 0 Å². The number of fused-ring (bicyclic) bond motifs is 1. The molecule has 0 aromatic heterocycles. The summed E-state index contributed by atoms with van der Waals surface area (Å²) in [7, 11) is 0. The van der Waals surface area contributed by atoms with Gasteiger partial charge in [-0.2, -0.15) is 0 Å². The largest absolute Gasteiger partial charge is 0.381 e. The third-order valence-electron chi connectivity index (χ3n) is 3.07. The highest BCUT2D eigenvalue weighted by Gasteiger charge is 2.10. The van der Waals surface area contributed by atoms with Crippen LogP contribution >= 0.6 is 0 Å². The number of hydrogen-bond donors (Lipinski definition) is 2. The van der Waals surface area contributed by atoms with Crippen molar-refractivity contribution in [2.24, 2.45) is 0 Å². The van der Waals surface area contributed by atoms with Gasteiger partial charge in [0.25, 0.3) is 0 Å². The van der Waals surface area contributed by atoms with Crippen molar-refractivity contribution < 1.29 is 9.53 Å². The van der Waals surface area contributed by atoms with Crippen molar-refractivity contribution in [2.45, 2.75) is 33.0 Å². The number of carbonyl (C=O) groups excluding carboxylic acids is 1. The van der Waals surface area contributed by atoms with Gasteiger partial charge in [-0.1, -0.05) is 18.2 Å². The zero-order chi connectivity index (χ0) is 12.8. The molecule has 98 valence electrons. The van der Waals surface area contributed by atoms with Crippen LogP contribution in [0.4, 0.5) is 0 Å². The maximum atomic E-state index is 11.5. The molecule has 0 saturated heterocycles. The second kappa shape index (κ2) is 6.52. The Balaban J connectivity index is 1.78. The van der Waals surface area contributed by atoms with Gasteiger partial charge in [0.1, 0.15) is 0 Å². The summed E-state index contributed by atoms with van der Waals surface area (Å²) in [5.74, 6) is 0.0436. The van der Waals surface area contributed by atoms with Gasteiger partial charge in [0.15, 0.2) is 0 Å². The van der Waals surface area contributed by atoms with Crippen LogP contribution in [0.2, 0.25) is 0 Å². The van der Waals surface area contributed by atoms with Gasteiger partial charge in [-0.05, 0) is 23.6 Å². The lowest BCUT2D eigenvalue weighted by Gasteiger charge is -2.07. The van der Waals surface area contributed by atoms with Crippen LogP contribution in [-0.2, 0) is 29.2 Å². The van der Waals surface area contributed by atoms with Crippen LogP contribution in [0, 0.1) is 0 Å². The van der Waals surface area contributed by atoms with Gasteiger partial charge in [0.05, 0.1) is 6.61 Å². The van der Waals surface area contributed by atoms with Crippen LogP contribution in [0.5, 0.6) is 0 Å². The number of amides is 1. The first-order valence-electron chi connectivity index (χ1n) is 6.45. The Morgan fingerprint density at radius 3 is 3.06 bits per heavy atom. The molecule has 0 radical (unpaired) electrons. The molecule has 0 bridgehead atoms. The zero-order valence-corrected chi connectivity index (χ0v) is 10.8. The van der Waals surface area contributed by atoms with Crippen LogP contribution in [0.3, 0.4) is 0 Å². The van der Waals surface area contributed by atoms with E-state index in [-0.39, 0.29) is 5.91 Å². The minimum Gasteiger partial charge on any atom is -0.381 e. The average molecular weight is 248 g/mol. The first-order valence-corrected chi connectivity index (χ1v) is 6.45. The summed E-state index contributed by atoms with van der Waals surface area (Å²) in [6.45, 7) is 5.56. The highest BCUT2D eigenvalue weighted by molar-refractivity contribution is 5.75. The summed E-state index contributed by atoms with van der Waals surface area (Å²) >= 11 is 0. The molecule has 4 heteroatoms. The third-order valence-corrected chi connectivity index (χ3v) is 3.07. The molecule has 1 aliphatic rings. The maximum Gasteiger partial charge on any atom is 0.222 e. The highest BCUT2D eigenvalue weighted by Crippen LogP contribution is 2.16. The lowest BCUT2D eigenvalue weighted by molar-refractivity contribution is -0.122. The minimum atomic E-state index is 0.0436. The summed E-state index contributed by atoms with van der Waals surface area (Å²) in [6.07, 6.45) is 0.431. The van der Waals surface area contributed by atoms with Gasteiger partial charge >= 0.3 is 0 Å². The molecule has 1 aromatic carbocycles. The molecule has 1 aliphatic heterocycles. The molecule has 4 nitrogen and oxygen atoms in total. The Morgan fingerprint density at radius 2 is 2.22 bits per heavy atom. The van der Waals surface area contributed by atoms with Crippen molar-refractivity contribution >= 4 is 5.91 Å². The van der Waals surface area contributed by atoms with Gasteiger partial charge < -0.3 is 15.4 Å². The molecule has 0 spiro atoms. The predicted molar refractivity (Wildman–Crippen MR) is 69.9 cm³/mol. The summed E-state index contributed by atoms with van der Waals surface area (Å²) < 4.78 is 5.15. The Kier molecular flexibility index (Phi) is 4.73. The van der Waals surface area contributed by atoms with Crippen LogP contribution in [0.25, 0.3) is 0 Å². The van der Waals surface area contributed by atoms with E-state index in [1.54, 1.807) is 0 Å². The number of nitrogens with one attached hydrogen (secondary N) is 2. The molecule has 2 N–H and O–H groups in total. The van der Waals surface area contributed by atoms with Crippen molar-refractivity contribution in [1.29, 1.82) is 0 Å². The van der Waals surface area contributed by atoms with E-state index < -0.39 is 0 Å². The van der Waals surface area contributed by atoms with E-state index in [4.69, 9.17) is 4.74 Å². The van der Waals surface area contributed by atoms with Crippen molar-refractivity contribution in [3.8, 4) is 0 Å².